The molecule has 0 saturated heterocycles. The third kappa shape index (κ3) is 3.20. The van der Waals surface area contributed by atoms with Crippen LogP contribution < -0.4 is 5.73 Å². The van der Waals surface area contributed by atoms with E-state index in [1.807, 2.05) is 12.1 Å². The van der Waals surface area contributed by atoms with Gasteiger partial charge in [-0.15, -0.1) is 0 Å². The van der Waals surface area contributed by atoms with Crippen molar-refractivity contribution in [1.29, 1.82) is 0 Å². The molecule has 0 aliphatic rings. The van der Waals surface area contributed by atoms with E-state index in [9.17, 15) is 0 Å². The van der Waals surface area contributed by atoms with E-state index in [-0.39, 0.29) is 0 Å². The van der Waals surface area contributed by atoms with Crippen LogP contribution in [0.25, 0.3) is 0 Å². The number of hydrogen-bond acceptors (Lipinski definition) is 2. The van der Waals surface area contributed by atoms with E-state index in [2.05, 4.69) is 5.73 Å². The summed E-state index contributed by atoms with van der Waals surface area (Å²) in [6.07, 6.45) is 2.67. The molecule has 0 aliphatic carbocycles. The van der Waals surface area contributed by atoms with Crippen LogP contribution in [0.15, 0.2) is 22.8 Å². The molecular weight excluding hydrogens is 142 g/mol. The second-order valence-electron chi connectivity index (χ2n) is 2.34. The van der Waals surface area contributed by atoms with Crippen LogP contribution in [0, 0.1) is 0 Å². The Bertz CT molecular complexity index is 172. The molecule has 0 amide bonds. The first-order chi connectivity index (χ1) is 5.43. The van der Waals surface area contributed by atoms with Crippen LogP contribution in [-0.4, -0.2) is 13.2 Å². The first-order valence-electron chi connectivity index (χ1n) is 3.83. The maximum Gasteiger partial charge on any atom is 0.129 e. The smallest absolute Gasteiger partial charge is 0.129 e. The molecule has 0 bridgehead atoms. The van der Waals surface area contributed by atoms with Crippen LogP contribution in [0.4, 0.5) is 0 Å². The summed E-state index contributed by atoms with van der Waals surface area (Å²) < 4.78 is 10.4. The molecule has 0 unspecified atom stereocenters. The Hall–Kier alpha value is -0.800. The second kappa shape index (κ2) is 4.93. The molecule has 11 heavy (non-hydrogen) atoms. The monoisotopic (exact) mass is 156 g/mol. The third-order valence-electron chi connectivity index (χ3n) is 1.36. The zero-order valence-corrected chi connectivity index (χ0v) is 6.58. The molecule has 3 N–H and O–H groups in total. The summed E-state index contributed by atoms with van der Waals surface area (Å²) in [6, 6.07) is 3.77. The average molecular weight is 156 g/mol. The first-order valence-corrected chi connectivity index (χ1v) is 3.83. The molecule has 0 radical (unpaired) electrons. The maximum absolute atomic E-state index is 5.28. The minimum absolute atomic E-state index is 0.576. The number of quaternary nitrogens is 1. The fraction of sp³-hybridized carbons (Fsp3) is 0.500. The summed E-state index contributed by atoms with van der Waals surface area (Å²) >= 11 is 0. The zero-order chi connectivity index (χ0) is 7.94. The standard InChI is InChI=1S/C8H13NO2/c9-4-2-5-10-7-8-3-1-6-11-8/h1,3,6H,2,4-5,7,9H2/p+1. The lowest BCUT2D eigenvalue weighted by molar-refractivity contribution is -0.369. The van der Waals surface area contributed by atoms with E-state index >= 15 is 0 Å². The van der Waals surface area contributed by atoms with Crippen LogP contribution in [0.3, 0.4) is 0 Å². The fourth-order valence-corrected chi connectivity index (χ4v) is 0.772. The van der Waals surface area contributed by atoms with E-state index in [1.54, 1.807) is 6.26 Å². The van der Waals surface area contributed by atoms with E-state index in [1.165, 1.54) is 0 Å². The second-order valence-corrected chi connectivity index (χ2v) is 2.34. The highest BCUT2D eigenvalue weighted by Gasteiger charge is 1.93. The Balaban J connectivity index is 2.04. The molecule has 0 saturated carbocycles. The number of hydrogen-bond donors (Lipinski definition) is 1. The summed E-state index contributed by atoms with van der Waals surface area (Å²) in [6.45, 7) is 2.27. The van der Waals surface area contributed by atoms with Gasteiger partial charge in [-0.25, -0.2) is 0 Å². The number of rotatable bonds is 5. The van der Waals surface area contributed by atoms with Gasteiger partial charge in [-0.3, -0.25) is 0 Å². The van der Waals surface area contributed by atoms with Crippen molar-refractivity contribution in [2.75, 3.05) is 13.2 Å². The molecule has 3 nitrogen and oxygen atoms in total. The van der Waals surface area contributed by atoms with Crippen molar-refractivity contribution in [3.8, 4) is 0 Å². The van der Waals surface area contributed by atoms with Crippen molar-refractivity contribution in [3.05, 3.63) is 24.2 Å². The van der Waals surface area contributed by atoms with Gasteiger partial charge in [0.15, 0.2) is 0 Å². The quantitative estimate of drug-likeness (QED) is 0.628. The highest BCUT2D eigenvalue weighted by Crippen LogP contribution is 2.01. The molecule has 1 heterocycles. The Labute approximate surface area is 66.1 Å². The summed E-state index contributed by atoms with van der Waals surface area (Å²) in [5, 5.41) is 0. The van der Waals surface area contributed by atoms with Gasteiger partial charge in [-0.2, -0.15) is 0 Å². The van der Waals surface area contributed by atoms with E-state index in [4.69, 9.17) is 9.15 Å². The molecule has 1 aromatic heterocycles. The largest absolute Gasteiger partial charge is 0.467 e. The number of ether oxygens (including phenoxy) is 1. The summed E-state index contributed by atoms with van der Waals surface area (Å²) in [7, 11) is 0. The Kier molecular flexibility index (Phi) is 3.72. The van der Waals surface area contributed by atoms with Gasteiger partial charge < -0.3 is 14.9 Å². The van der Waals surface area contributed by atoms with Gasteiger partial charge in [-0.05, 0) is 12.1 Å². The lowest BCUT2D eigenvalue weighted by Gasteiger charge is -1.97. The van der Waals surface area contributed by atoms with Gasteiger partial charge in [0.25, 0.3) is 0 Å². The van der Waals surface area contributed by atoms with Crippen molar-refractivity contribution in [2.24, 2.45) is 0 Å². The SMILES string of the molecule is [NH3+]CCCOCc1ccco1. The normalized spacial score (nSPS) is 10.3. The molecule has 62 valence electrons. The van der Waals surface area contributed by atoms with E-state index in [0.717, 1.165) is 25.3 Å². The predicted octanol–water partition coefficient (Wildman–Crippen LogP) is 0.428. The minimum Gasteiger partial charge on any atom is -0.467 e. The summed E-state index contributed by atoms with van der Waals surface area (Å²) in [5.74, 6) is 0.883. The van der Waals surface area contributed by atoms with Gasteiger partial charge in [0, 0.05) is 6.42 Å². The highest BCUT2D eigenvalue weighted by atomic mass is 16.5. The molecule has 0 aromatic carbocycles. The van der Waals surface area contributed by atoms with Crippen molar-refractivity contribution in [3.63, 3.8) is 0 Å². The fourth-order valence-electron chi connectivity index (χ4n) is 0.772. The van der Waals surface area contributed by atoms with Crippen molar-refractivity contribution < 1.29 is 14.9 Å². The Morgan fingerprint density at radius 1 is 1.55 bits per heavy atom. The molecule has 0 atom stereocenters. The molecular formula is C8H14NO2+. The Morgan fingerprint density at radius 2 is 2.45 bits per heavy atom. The van der Waals surface area contributed by atoms with Crippen LogP contribution in [0.2, 0.25) is 0 Å². The zero-order valence-electron chi connectivity index (χ0n) is 6.58. The first kappa shape index (κ1) is 8.30. The highest BCUT2D eigenvalue weighted by molar-refractivity contribution is 4.95. The van der Waals surface area contributed by atoms with E-state index in [0.29, 0.717) is 6.61 Å². The third-order valence-corrected chi connectivity index (χ3v) is 1.36. The van der Waals surface area contributed by atoms with Gasteiger partial charge >= 0.3 is 0 Å². The summed E-state index contributed by atoms with van der Waals surface area (Å²) in [4.78, 5) is 0. The molecule has 3 heteroatoms. The lowest BCUT2D eigenvalue weighted by atomic mass is 10.4. The van der Waals surface area contributed by atoms with Gasteiger partial charge in [0.2, 0.25) is 0 Å². The molecule has 0 fully saturated rings. The van der Waals surface area contributed by atoms with E-state index < -0.39 is 0 Å². The lowest BCUT2D eigenvalue weighted by Crippen LogP contribution is -2.50. The van der Waals surface area contributed by atoms with Crippen LogP contribution in [-0.2, 0) is 11.3 Å². The molecule has 1 aromatic rings. The van der Waals surface area contributed by atoms with Crippen LogP contribution in [0.1, 0.15) is 12.2 Å². The van der Waals surface area contributed by atoms with Crippen molar-refractivity contribution in [2.45, 2.75) is 13.0 Å². The summed E-state index contributed by atoms with van der Waals surface area (Å²) in [5.41, 5.74) is 3.72. The molecule has 0 aliphatic heterocycles. The van der Waals surface area contributed by atoms with Gasteiger partial charge in [0.1, 0.15) is 12.4 Å². The molecule has 0 spiro atoms. The van der Waals surface area contributed by atoms with Crippen LogP contribution in [0.5, 0.6) is 0 Å². The average Bonchev–Trinajstić information content (AvgIpc) is 2.50. The Morgan fingerprint density at radius 3 is 3.09 bits per heavy atom. The maximum atomic E-state index is 5.28. The van der Waals surface area contributed by atoms with Crippen LogP contribution >= 0.6 is 0 Å². The molecule has 1 rings (SSSR count). The van der Waals surface area contributed by atoms with Crippen molar-refractivity contribution in [1.82, 2.24) is 0 Å². The van der Waals surface area contributed by atoms with Gasteiger partial charge in [0.05, 0.1) is 19.4 Å². The minimum atomic E-state index is 0.576. The topological polar surface area (TPSA) is 50.0 Å². The number of furan rings is 1. The predicted molar refractivity (Wildman–Crippen MR) is 40.7 cm³/mol. The van der Waals surface area contributed by atoms with Gasteiger partial charge in [-0.1, -0.05) is 0 Å². The van der Waals surface area contributed by atoms with Crippen molar-refractivity contribution >= 4 is 0 Å².